The van der Waals surface area contributed by atoms with Crippen LogP contribution in [0.2, 0.25) is 0 Å². The predicted octanol–water partition coefficient (Wildman–Crippen LogP) is 2.58. The van der Waals surface area contributed by atoms with Crippen LogP contribution in [0.15, 0.2) is 30.3 Å². The number of benzene rings is 1. The highest BCUT2D eigenvalue weighted by atomic mass is 32.1. The lowest BCUT2D eigenvalue weighted by Gasteiger charge is -2.21. The Labute approximate surface area is 118 Å². The van der Waals surface area contributed by atoms with Crippen LogP contribution in [0.1, 0.15) is 42.9 Å². The second-order valence-electron chi connectivity index (χ2n) is 5.64. The summed E-state index contributed by atoms with van der Waals surface area (Å²) in [5, 5.41) is 4.27. The molecule has 0 amide bonds. The van der Waals surface area contributed by atoms with Crippen LogP contribution < -0.4 is 11.3 Å². The number of hydrogen-bond donors (Lipinski definition) is 2. The summed E-state index contributed by atoms with van der Waals surface area (Å²) in [4.78, 5) is 1.12. The van der Waals surface area contributed by atoms with E-state index >= 15 is 0 Å². The number of hydrazine groups is 1. The highest BCUT2D eigenvalue weighted by Gasteiger charge is 2.26. The van der Waals surface area contributed by atoms with Crippen molar-refractivity contribution in [1.82, 2.24) is 15.0 Å². The average molecular weight is 276 g/mol. The summed E-state index contributed by atoms with van der Waals surface area (Å²) in [6.45, 7) is 6.43. The number of rotatable bonds is 4. The summed E-state index contributed by atoms with van der Waals surface area (Å²) < 4.78 is 4.10. The Morgan fingerprint density at radius 3 is 2.53 bits per heavy atom. The molecular formula is C14H20N4S. The van der Waals surface area contributed by atoms with Gasteiger partial charge in [-0.1, -0.05) is 55.6 Å². The van der Waals surface area contributed by atoms with Gasteiger partial charge in [-0.2, -0.15) is 0 Å². The first kappa shape index (κ1) is 14.1. The highest BCUT2D eigenvalue weighted by molar-refractivity contribution is 7.05. The lowest BCUT2D eigenvalue weighted by molar-refractivity contribution is 0.515. The lowest BCUT2D eigenvalue weighted by atomic mass is 9.89. The summed E-state index contributed by atoms with van der Waals surface area (Å²) >= 11 is 1.42. The molecule has 0 spiro atoms. The SMILES string of the molecule is CC(C)(C)c1nnsc1C(Cc1ccccc1)NN. The molecule has 1 aromatic heterocycles. The van der Waals surface area contributed by atoms with E-state index in [-0.39, 0.29) is 11.5 Å². The third kappa shape index (κ3) is 3.37. The van der Waals surface area contributed by atoms with Crippen LogP contribution in [-0.2, 0) is 11.8 Å². The van der Waals surface area contributed by atoms with Crippen molar-refractivity contribution >= 4 is 11.5 Å². The number of aromatic nitrogens is 2. The molecule has 19 heavy (non-hydrogen) atoms. The molecule has 0 saturated heterocycles. The first-order chi connectivity index (χ1) is 9.02. The molecule has 4 nitrogen and oxygen atoms in total. The van der Waals surface area contributed by atoms with Crippen LogP contribution in [0.5, 0.6) is 0 Å². The van der Waals surface area contributed by atoms with Crippen molar-refractivity contribution in [2.45, 2.75) is 38.6 Å². The number of hydrogen-bond acceptors (Lipinski definition) is 5. The fraction of sp³-hybridized carbons (Fsp3) is 0.429. The zero-order valence-electron chi connectivity index (χ0n) is 11.6. The Morgan fingerprint density at radius 1 is 1.26 bits per heavy atom. The van der Waals surface area contributed by atoms with Gasteiger partial charge in [0.2, 0.25) is 0 Å². The van der Waals surface area contributed by atoms with E-state index in [0.717, 1.165) is 17.0 Å². The molecule has 1 heterocycles. The standard InChI is InChI=1S/C14H20N4S/c1-14(2,3)13-12(19-18-17-13)11(16-15)9-10-7-5-4-6-8-10/h4-8,11,16H,9,15H2,1-3H3. The maximum Gasteiger partial charge on any atom is 0.0857 e. The molecular weight excluding hydrogens is 256 g/mol. The van der Waals surface area contributed by atoms with Crippen molar-refractivity contribution in [3.8, 4) is 0 Å². The third-order valence-corrected chi connectivity index (χ3v) is 3.86. The largest absolute Gasteiger partial charge is 0.271 e. The molecule has 5 heteroatoms. The molecule has 1 atom stereocenters. The van der Waals surface area contributed by atoms with Crippen LogP contribution in [0.25, 0.3) is 0 Å². The Morgan fingerprint density at radius 2 is 1.95 bits per heavy atom. The molecule has 0 aliphatic heterocycles. The molecule has 0 aliphatic carbocycles. The van der Waals surface area contributed by atoms with Gasteiger partial charge in [0.05, 0.1) is 16.6 Å². The van der Waals surface area contributed by atoms with Crippen LogP contribution in [0.4, 0.5) is 0 Å². The number of nitrogens with zero attached hydrogens (tertiary/aromatic N) is 2. The predicted molar refractivity (Wildman–Crippen MR) is 78.8 cm³/mol. The Bertz CT molecular complexity index is 516. The Kier molecular flexibility index (Phi) is 4.29. The summed E-state index contributed by atoms with van der Waals surface area (Å²) in [6.07, 6.45) is 0.838. The molecule has 1 unspecified atom stereocenters. The average Bonchev–Trinajstić information content (AvgIpc) is 2.86. The molecule has 0 aliphatic rings. The Balaban J connectivity index is 2.26. The minimum atomic E-state index is -0.0197. The monoisotopic (exact) mass is 276 g/mol. The van der Waals surface area contributed by atoms with E-state index in [0.29, 0.717) is 0 Å². The van der Waals surface area contributed by atoms with Crippen molar-refractivity contribution in [1.29, 1.82) is 0 Å². The second kappa shape index (κ2) is 5.77. The summed E-state index contributed by atoms with van der Waals surface area (Å²) in [6, 6.07) is 10.4. The van der Waals surface area contributed by atoms with E-state index in [1.54, 1.807) is 0 Å². The van der Waals surface area contributed by atoms with E-state index in [4.69, 9.17) is 5.84 Å². The lowest BCUT2D eigenvalue weighted by Crippen LogP contribution is -2.31. The van der Waals surface area contributed by atoms with Gasteiger partial charge in [-0.25, -0.2) is 0 Å². The summed E-state index contributed by atoms with van der Waals surface area (Å²) in [7, 11) is 0. The zero-order chi connectivity index (χ0) is 13.9. The van der Waals surface area contributed by atoms with E-state index in [1.807, 2.05) is 18.2 Å². The minimum absolute atomic E-state index is 0.0197. The van der Waals surface area contributed by atoms with Gasteiger partial charge in [-0.3, -0.25) is 11.3 Å². The maximum atomic E-state index is 5.73. The van der Waals surface area contributed by atoms with Gasteiger partial charge in [0.15, 0.2) is 0 Å². The molecule has 2 rings (SSSR count). The van der Waals surface area contributed by atoms with Gasteiger partial charge in [-0.15, -0.1) is 5.10 Å². The van der Waals surface area contributed by atoms with E-state index in [9.17, 15) is 0 Å². The van der Waals surface area contributed by atoms with Gasteiger partial charge in [0, 0.05) is 5.41 Å². The van der Waals surface area contributed by atoms with E-state index in [2.05, 4.69) is 47.9 Å². The summed E-state index contributed by atoms with van der Waals surface area (Å²) in [5.41, 5.74) is 5.15. The highest BCUT2D eigenvalue weighted by Crippen LogP contribution is 2.31. The summed E-state index contributed by atoms with van der Waals surface area (Å²) in [5.74, 6) is 5.73. The van der Waals surface area contributed by atoms with Crippen molar-refractivity contribution in [2.24, 2.45) is 5.84 Å². The molecule has 0 bridgehead atoms. The fourth-order valence-corrected chi connectivity index (χ4v) is 2.95. The molecule has 3 N–H and O–H groups in total. The number of nitrogens with two attached hydrogens (primary N) is 1. The normalized spacial score (nSPS) is 13.5. The molecule has 1 aromatic carbocycles. The maximum absolute atomic E-state index is 5.73. The van der Waals surface area contributed by atoms with Crippen LogP contribution in [-0.4, -0.2) is 9.59 Å². The van der Waals surface area contributed by atoms with Crippen molar-refractivity contribution in [2.75, 3.05) is 0 Å². The van der Waals surface area contributed by atoms with E-state index in [1.165, 1.54) is 17.1 Å². The van der Waals surface area contributed by atoms with Crippen LogP contribution in [0, 0.1) is 0 Å². The van der Waals surface area contributed by atoms with Crippen LogP contribution >= 0.6 is 11.5 Å². The van der Waals surface area contributed by atoms with Gasteiger partial charge in [-0.05, 0) is 23.5 Å². The second-order valence-corrected chi connectivity index (χ2v) is 6.43. The number of nitrogens with one attached hydrogen (secondary N) is 1. The van der Waals surface area contributed by atoms with Gasteiger partial charge in [0.25, 0.3) is 0 Å². The third-order valence-electron chi connectivity index (χ3n) is 3.02. The van der Waals surface area contributed by atoms with Gasteiger partial charge in [0.1, 0.15) is 0 Å². The van der Waals surface area contributed by atoms with Crippen molar-refractivity contribution < 1.29 is 0 Å². The van der Waals surface area contributed by atoms with Crippen molar-refractivity contribution in [3.05, 3.63) is 46.5 Å². The minimum Gasteiger partial charge on any atom is -0.271 e. The zero-order valence-corrected chi connectivity index (χ0v) is 12.4. The molecule has 2 aromatic rings. The Hall–Kier alpha value is -1.30. The van der Waals surface area contributed by atoms with Crippen molar-refractivity contribution in [3.63, 3.8) is 0 Å². The van der Waals surface area contributed by atoms with Crippen LogP contribution in [0.3, 0.4) is 0 Å². The first-order valence-corrected chi connectivity index (χ1v) is 7.12. The first-order valence-electron chi connectivity index (χ1n) is 6.35. The molecule has 0 fully saturated rings. The van der Waals surface area contributed by atoms with E-state index < -0.39 is 0 Å². The molecule has 102 valence electrons. The van der Waals surface area contributed by atoms with Gasteiger partial charge < -0.3 is 0 Å². The molecule has 0 radical (unpaired) electrons. The smallest absolute Gasteiger partial charge is 0.0857 e. The fourth-order valence-electron chi connectivity index (χ4n) is 2.02. The van der Waals surface area contributed by atoms with Gasteiger partial charge >= 0.3 is 0 Å². The topological polar surface area (TPSA) is 63.8 Å². The quantitative estimate of drug-likeness (QED) is 0.665. The molecule has 0 saturated carbocycles.